The number of hydrogen-bond donors (Lipinski definition) is 1. The Morgan fingerprint density at radius 1 is 1.12 bits per heavy atom. The number of nitrogens with zero attached hydrogens (tertiary/aromatic N) is 4. The number of urea groups is 1. The lowest BCUT2D eigenvalue weighted by Gasteiger charge is -2.44. The van der Waals surface area contributed by atoms with Gasteiger partial charge in [-0.2, -0.15) is 0 Å². The number of hydrogen-bond acceptors (Lipinski definition) is 3. The van der Waals surface area contributed by atoms with Crippen LogP contribution in [0.5, 0.6) is 0 Å². The molecule has 0 radical (unpaired) electrons. The van der Waals surface area contributed by atoms with Gasteiger partial charge in [-0.05, 0) is 50.2 Å². The molecule has 2 aromatic heterocycles. The van der Waals surface area contributed by atoms with E-state index in [1.807, 2.05) is 12.4 Å². The third-order valence-corrected chi connectivity index (χ3v) is 7.22. The van der Waals surface area contributed by atoms with Crippen molar-refractivity contribution < 1.29 is 4.79 Å². The SMILES string of the molecule is CC1/C=C\C/C=C\C(C)N(C(=O)N2CC[C@@H](C)[C@@H](N(C)c3ccnc4[nH]ccc34)C2)CC1. The van der Waals surface area contributed by atoms with Gasteiger partial charge in [-0.15, -0.1) is 0 Å². The van der Waals surface area contributed by atoms with Crippen molar-refractivity contribution in [1.29, 1.82) is 0 Å². The number of anilines is 1. The minimum absolute atomic E-state index is 0.108. The zero-order valence-corrected chi connectivity index (χ0v) is 19.9. The quantitative estimate of drug-likeness (QED) is 0.671. The molecule has 0 saturated carbocycles. The Morgan fingerprint density at radius 2 is 1.94 bits per heavy atom. The first-order chi connectivity index (χ1) is 15.5. The summed E-state index contributed by atoms with van der Waals surface area (Å²) in [6.45, 7) is 9.04. The Hall–Kier alpha value is -2.76. The van der Waals surface area contributed by atoms with Gasteiger partial charge in [0, 0.05) is 62.2 Å². The van der Waals surface area contributed by atoms with Crippen LogP contribution in [0.2, 0.25) is 0 Å². The molecular weight excluding hydrogens is 398 g/mol. The normalized spacial score (nSPS) is 29.0. The topological polar surface area (TPSA) is 55.5 Å². The van der Waals surface area contributed by atoms with Crippen molar-refractivity contribution in [1.82, 2.24) is 19.8 Å². The summed E-state index contributed by atoms with van der Waals surface area (Å²) < 4.78 is 0. The number of carbonyl (C=O) groups is 1. The lowest BCUT2D eigenvalue weighted by atomic mass is 9.92. The highest BCUT2D eigenvalue weighted by molar-refractivity contribution is 5.89. The van der Waals surface area contributed by atoms with Crippen LogP contribution in [0.15, 0.2) is 48.8 Å². The maximum Gasteiger partial charge on any atom is 0.320 e. The zero-order valence-electron chi connectivity index (χ0n) is 19.9. The number of rotatable bonds is 2. The Kier molecular flexibility index (Phi) is 6.87. The second-order valence-electron chi connectivity index (χ2n) is 9.53. The van der Waals surface area contributed by atoms with Crippen molar-refractivity contribution in [3.05, 3.63) is 48.8 Å². The number of likely N-dealkylation sites (N-methyl/N-ethyl adjacent to an activating group) is 1. The fourth-order valence-electron chi connectivity index (χ4n) is 5.02. The lowest BCUT2D eigenvalue weighted by Crippen LogP contribution is -2.56. The van der Waals surface area contributed by atoms with E-state index in [9.17, 15) is 4.79 Å². The molecule has 4 rings (SSSR count). The number of pyridine rings is 1. The number of H-pyrrole nitrogens is 1. The predicted octanol–water partition coefficient (Wildman–Crippen LogP) is 5.06. The van der Waals surface area contributed by atoms with Crippen LogP contribution in [-0.4, -0.2) is 64.6 Å². The molecule has 32 heavy (non-hydrogen) atoms. The van der Waals surface area contributed by atoms with E-state index in [1.165, 1.54) is 5.69 Å². The highest BCUT2D eigenvalue weighted by Crippen LogP contribution is 2.30. The van der Waals surface area contributed by atoms with Crippen molar-refractivity contribution in [2.75, 3.05) is 31.6 Å². The van der Waals surface area contributed by atoms with E-state index in [-0.39, 0.29) is 18.1 Å². The molecule has 6 heteroatoms. The standard InChI is InChI=1S/C26H37N5O/c1-19-8-6-5-7-9-21(3)31(17-12-19)26(32)30-16-13-20(2)24(18-30)29(4)23-11-15-28-25-22(23)10-14-27-25/h6-11,14-15,19-21,24H,5,12-13,16-18H2,1-4H3,(H,27,28)/b8-6-,9-7-/t19?,20-,21?,24+/m1/s1. The number of allylic oxidation sites excluding steroid dienone is 3. The monoisotopic (exact) mass is 435 g/mol. The summed E-state index contributed by atoms with van der Waals surface area (Å²) in [6.07, 6.45) is 15.6. The smallest absolute Gasteiger partial charge is 0.320 e. The van der Waals surface area contributed by atoms with Crippen LogP contribution >= 0.6 is 0 Å². The molecule has 4 heterocycles. The van der Waals surface area contributed by atoms with E-state index >= 15 is 0 Å². The van der Waals surface area contributed by atoms with E-state index in [0.717, 1.165) is 49.9 Å². The minimum Gasteiger partial charge on any atom is -0.369 e. The molecule has 2 unspecified atom stereocenters. The predicted molar refractivity (Wildman–Crippen MR) is 132 cm³/mol. The number of carbonyl (C=O) groups excluding carboxylic acids is 1. The first-order valence-electron chi connectivity index (χ1n) is 12.0. The van der Waals surface area contributed by atoms with Crippen LogP contribution in [0.4, 0.5) is 10.5 Å². The average molecular weight is 436 g/mol. The van der Waals surface area contributed by atoms with Crippen molar-refractivity contribution in [2.45, 2.75) is 52.1 Å². The summed E-state index contributed by atoms with van der Waals surface area (Å²) in [7, 11) is 2.15. The molecule has 0 bridgehead atoms. The minimum atomic E-state index is 0.108. The first-order valence-corrected chi connectivity index (χ1v) is 12.0. The number of aromatic amines is 1. The molecular formula is C26H37N5O. The lowest BCUT2D eigenvalue weighted by molar-refractivity contribution is 0.118. The van der Waals surface area contributed by atoms with Crippen molar-refractivity contribution in [2.24, 2.45) is 11.8 Å². The largest absolute Gasteiger partial charge is 0.369 e. The summed E-state index contributed by atoms with van der Waals surface area (Å²) >= 11 is 0. The van der Waals surface area contributed by atoms with Gasteiger partial charge in [0.05, 0.1) is 0 Å². The van der Waals surface area contributed by atoms with E-state index in [0.29, 0.717) is 11.8 Å². The fourth-order valence-corrected chi connectivity index (χ4v) is 5.02. The third-order valence-electron chi connectivity index (χ3n) is 7.22. The van der Waals surface area contributed by atoms with Crippen LogP contribution in [0.3, 0.4) is 0 Å². The van der Waals surface area contributed by atoms with Gasteiger partial charge in [-0.25, -0.2) is 9.78 Å². The number of fused-ring (bicyclic) bond motifs is 1. The molecule has 0 aromatic carbocycles. The van der Waals surface area contributed by atoms with Gasteiger partial charge >= 0.3 is 6.03 Å². The second-order valence-corrected chi connectivity index (χ2v) is 9.53. The Morgan fingerprint density at radius 3 is 2.78 bits per heavy atom. The third kappa shape index (κ3) is 4.69. The highest BCUT2D eigenvalue weighted by Gasteiger charge is 2.34. The molecule has 2 aromatic rings. The molecule has 2 aliphatic rings. The number of likely N-dealkylation sites (tertiary alicyclic amines) is 1. The van der Waals surface area contributed by atoms with Gasteiger partial charge in [0.2, 0.25) is 0 Å². The Bertz CT molecular complexity index is 980. The van der Waals surface area contributed by atoms with Crippen molar-refractivity contribution in [3.63, 3.8) is 0 Å². The molecule has 172 valence electrons. The zero-order chi connectivity index (χ0) is 22.7. The molecule has 1 saturated heterocycles. The Labute approximate surface area is 192 Å². The number of amides is 2. The summed E-state index contributed by atoms with van der Waals surface area (Å²) in [4.78, 5) is 27.8. The van der Waals surface area contributed by atoms with E-state index in [1.54, 1.807) is 0 Å². The van der Waals surface area contributed by atoms with E-state index in [2.05, 4.69) is 88.9 Å². The highest BCUT2D eigenvalue weighted by atomic mass is 16.2. The Balaban J connectivity index is 1.52. The molecule has 1 fully saturated rings. The molecule has 2 amide bonds. The molecule has 0 aliphatic carbocycles. The molecule has 6 nitrogen and oxygen atoms in total. The molecule has 1 N–H and O–H groups in total. The maximum absolute atomic E-state index is 13.7. The molecule has 4 atom stereocenters. The average Bonchev–Trinajstić information content (AvgIpc) is 3.27. The molecule has 0 spiro atoms. The van der Waals surface area contributed by atoms with Crippen LogP contribution in [0.25, 0.3) is 11.0 Å². The van der Waals surface area contributed by atoms with Gasteiger partial charge < -0.3 is 19.7 Å². The van der Waals surface area contributed by atoms with Gasteiger partial charge in [-0.3, -0.25) is 0 Å². The fraction of sp³-hybridized carbons (Fsp3) is 0.538. The summed E-state index contributed by atoms with van der Waals surface area (Å²) in [5.41, 5.74) is 2.07. The van der Waals surface area contributed by atoms with Crippen LogP contribution in [0, 0.1) is 11.8 Å². The maximum atomic E-state index is 13.7. The van der Waals surface area contributed by atoms with E-state index in [4.69, 9.17) is 0 Å². The first kappa shape index (κ1) is 22.4. The van der Waals surface area contributed by atoms with Gasteiger partial charge in [0.25, 0.3) is 0 Å². The van der Waals surface area contributed by atoms with Crippen LogP contribution in [-0.2, 0) is 0 Å². The number of nitrogens with one attached hydrogen (secondary N) is 1. The van der Waals surface area contributed by atoms with Crippen LogP contribution < -0.4 is 4.90 Å². The summed E-state index contributed by atoms with van der Waals surface area (Å²) in [5, 5.41) is 1.13. The van der Waals surface area contributed by atoms with Gasteiger partial charge in [-0.1, -0.05) is 38.2 Å². The van der Waals surface area contributed by atoms with Gasteiger partial charge in [0.15, 0.2) is 0 Å². The number of aromatic nitrogens is 2. The van der Waals surface area contributed by atoms with Gasteiger partial charge in [0.1, 0.15) is 5.65 Å². The summed E-state index contributed by atoms with van der Waals surface area (Å²) in [5.74, 6) is 0.993. The van der Waals surface area contributed by atoms with Crippen molar-refractivity contribution in [3.8, 4) is 0 Å². The van der Waals surface area contributed by atoms with E-state index < -0.39 is 0 Å². The van der Waals surface area contributed by atoms with Crippen LogP contribution in [0.1, 0.15) is 40.0 Å². The second kappa shape index (κ2) is 9.80. The summed E-state index contributed by atoms with van der Waals surface area (Å²) in [6, 6.07) is 4.71. The molecule has 2 aliphatic heterocycles. The van der Waals surface area contributed by atoms with Crippen molar-refractivity contribution >= 4 is 22.8 Å². The number of piperidine rings is 1.